The topological polar surface area (TPSA) is 48.5 Å². The lowest BCUT2D eigenvalue weighted by Gasteiger charge is -2.17. The molecule has 0 aromatic carbocycles. The van der Waals surface area contributed by atoms with Gasteiger partial charge in [-0.25, -0.2) is 0 Å². The number of hydrogen-bond acceptors (Lipinski definition) is 4. The van der Waals surface area contributed by atoms with Crippen molar-refractivity contribution in [3.63, 3.8) is 0 Å². The van der Waals surface area contributed by atoms with E-state index in [0.717, 1.165) is 25.3 Å². The molecule has 0 unspecified atom stereocenters. The zero-order valence-electron chi connectivity index (χ0n) is 11.7. The van der Waals surface area contributed by atoms with Crippen molar-refractivity contribution in [2.45, 2.75) is 12.8 Å². The number of aromatic nitrogens is 1. The molecule has 1 aromatic heterocycles. The largest absolute Gasteiger partial charge is 0.370 e. The van der Waals surface area contributed by atoms with Gasteiger partial charge in [-0.15, -0.1) is 0 Å². The van der Waals surface area contributed by atoms with Crippen molar-refractivity contribution in [1.82, 2.24) is 15.2 Å². The molecule has 5 heteroatoms. The number of amides is 1. The van der Waals surface area contributed by atoms with Crippen LogP contribution in [0.25, 0.3) is 0 Å². The molecule has 0 atom stereocenters. The first-order chi connectivity index (χ1) is 9.16. The van der Waals surface area contributed by atoms with Crippen LogP contribution in [-0.4, -0.2) is 56.1 Å². The number of carbonyl (C=O) groups excluding carboxylic acids is 1. The molecule has 5 nitrogen and oxygen atoms in total. The minimum absolute atomic E-state index is 0.0459. The Morgan fingerprint density at radius 2 is 2.11 bits per heavy atom. The SMILES string of the molecule is CN(C)CCNC(=O)c1cncc(N2CCCC2)c1. The molecule has 1 aliphatic heterocycles. The average molecular weight is 262 g/mol. The minimum Gasteiger partial charge on any atom is -0.370 e. The van der Waals surface area contributed by atoms with Crippen LogP contribution in [0.4, 0.5) is 5.69 Å². The first-order valence-electron chi connectivity index (χ1n) is 6.80. The molecule has 19 heavy (non-hydrogen) atoms. The van der Waals surface area contributed by atoms with Crippen molar-refractivity contribution >= 4 is 11.6 Å². The first-order valence-corrected chi connectivity index (χ1v) is 6.80. The van der Waals surface area contributed by atoms with Crippen LogP contribution >= 0.6 is 0 Å². The second-order valence-corrected chi connectivity index (χ2v) is 5.19. The van der Waals surface area contributed by atoms with E-state index in [1.54, 1.807) is 6.20 Å². The lowest BCUT2D eigenvalue weighted by Crippen LogP contribution is -2.31. The minimum atomic E-state index is -0.0459. The Balaban J connectivity index is 1.95. The number of pyridine rings is 1. The third-order valence-electron chi connectivity index (χ3n) is 3.30. The highest BCUT2D eigenvalue weighted by molar-refractivity contribution is 5.94. The van der Waals surface area contributed by atoms with Gasteiger partial charge in [-0.2, -0.15) is 0 Å². The van der Waals surface area contributed by atoms with Gasteiger partial charge in [0.15, 0.2) is 0 Å². The highest BCUT2D eigenvalue weighted by atomic mass is 16.1. The van der Waals surface area contributed by atoms with Gasteiger partial charge in [0.2, 0.25) is 0 Å². The highest BCUT2D eigenvalue weighted by Crippen LogP contribution is 2.19. The van der Waals surface area contributed by atoms with Gasteiger partial charge < -0.3 is 15.1 Å². The van der Waals surface area contributed by atoms with E-state index in [0.29, 0.717) is 12.1 Å². The lowest BCUT2D eigenvalue weighted by atomic mass is 10.2. The zero-order chi connectivity index (χ0) is 13.7. The Labute approximate surface area is 114 Å². The average Bonchev–Trinajstić information content (AvgIpc) is 2.92. The Hall–Kier alpha value is -1.62. The standard InChI is InChI=1S/C14H22N4O/c1-17(2)8-5-16-14(19)12-9-13(11-15-10-12)18-6-3-4-7-18/h9-11H,3-8H2,1-2H3,(H,16,19). The Morgan fingerprint density at radius 1 is 1.37 bits per heavy atom. The summed E-state index contributed by atoms with van der Waals surface area (Å²) in [5.74, 6) is -0.0459. The summed E-state index contributed by atoms with van der Waals surface area (Å²) in [5, 5.41) is 2.91. The van der Waals surface area contributed by atoms with Crippen LogP contribution in [0.2, 0.25) is 0 Å². The predicted molar refractivity (Wildman–Crippen MR) is 76.6 cm³/mol. The molecule has 1 saturated heterocycles. The maximum Gasteiger partial charge on any atom is 0.252 e. The molecule has 1 fully saturated rings. The smallest absolute Gasteiger partial charge is 0.252 e. The van der Waals surface area contributed by atoms with Gasteiger partial charge in [0.1, 0.15) is 0 Å². The summed E-state index contributed by atoms with van der Waals surface area (Å²) in [7, 11) is 3.98. The molecule has 0 radical (unpaired) electrons. The van der Waals surface area contributed by atoms with Crippen LogP contribution in [0.3, 0.4) is 0 Å². The van der Waals surface area contributed by atoms with Gasteiger partial charge in [-0.05, 0) is 33.0 Å². The van der Waals surface area contributed by atoms with Crippen molar-refractivity contribution < 1.29 is 4.79 Å². The zero-order valence-corrected chi connectivity index (χ0v) is 11.7. The number of hydrogen-bond donors (Lipinski definition) is 1. The highest BCUT2D eigenvalue weighted by Gasteiger charge is 2.14. The third-order valence-corrected chi connectivity index (χ3v) is 3.30. The maximum atomic E-state index is 12.0. The summed E-state index contributed by atoms with van der Waals surface area (Å²) in [6.45, 7) is 3.62. The summed E-state index contributed by atoms with van der Waals surface area (Å²) >= 11 is 0. The molecular weight excluding hydrogens is 240 g/mol. The molecule has 0 saturated carbocycles. The molecule has 2 heterocycles. The predicted octanol–water partition coefficient (Wildman–Crippen LogP) is 0.973. The van der Waals surface area contributed by atoms with E-state index in [1.807, 2.05) is 31.3 Å². The summed E-state index contributed by atoms with van der Waals surface area (Å²) in [6, 6.07) is 1.93. The van der Waals surface area contributed by atoms with Crippen molar-refractivity contribution in [2.24, 2.45) is 0 Å². The van der Waals surface area contributed by atoms with Gasteiger partial charge >= 0.3 is 0 Å². The number of likely N-dealkylation sites (N-methyl/N-ethyl adjacent to an activating group) is 1. The quantitative estimate of drug-likeness (QED) is 0.859. The fourth-order valence-electron chi connectivity index (χ4n) is 2.20. The van der Waals surface area contributed by atoms with E-state index < -0.39 is 0 Å². The summed E-state index contributed by atoms with van der Waals surface area (Å²) < 4.78 is 0. The Kier molecular flexibility index (Phi) is 4.74. The number of carbonyl (C=O) groups is 1. The van der Waals surface area contributed by atoms with E-state index >= 15 is 0 Å². The van der Waals surface area contributed by atoms with Crippen LogP contribution in [0.1, 0.15) is 23.2 Å². The molecular formula is C14H22N4O. The van der Waals surface area contributed by atoms with Gasteiger partial charge in [-0.3, -0.25) is 9.78 Å². The molecule has 0 spiro atoms. The Bertz CT molecular complexity index is 427. The van der Waals surface area contributed by atoms with E-state index in [4.69, 9.17) is 0 Å². The molecule has 0 aliphatic carbocycles. The van der Waals surface area contributed by atoms with Gasteiger partial charge in [0.05, 0.1) is 17.4 Å². The second-order valence-electron chi connectivity index (χ2n) is 5.19. The van der Waals surface area contributed by atoms with Crippen LogP contribution in [0.5, 0.6) is 0 Å². The van der Waals surface area contributed by atoms with Gasteiger partial charge in [0, 0.05) is 32.4 Å². The summed E-state index contributed by atoms with van der Waals surface area (Å²) in [5.41, 5.74) is 1.70. The first kappa shape index (κ1) is 13.8. The van der Waals surface area contributed by atoms with Crippen LogP contribution < -0.4 is 10.2 Å². The van der Waals surface area contributed by atoms with Gasteiger partial charge in [0.25, 0.3) is 5.91 Å². The van der Waals surface area contributed by atoms with E-state index in [-0.39, 0.29) is 5.91 Å². The lowest BCUT2D eigenvalue weighted by molar-refractivity contribution is 0.0950. The van der Waals surface area contributed by atoms with E-state index in [1.165, 1.54) is 12.8 Å². The number of rotatable bonds is 5. The summed E-state index contributed by atoms with van der Waals surface area (Å²) in [6.07, 6.45) is 5.91. The summed E-state index contributed by atoms with van der Waals surface area (Å²) in [4.78, 5) is 20.5. The number of nitrogens with one attached hydrogen (secondary N) is 1. The van der Waals surface area contributed by atoms with Crippen molar-refractivity contribution in [2.75, 3.05) is 45.2 Å². The van der Waals surface area contributed by atoms with Crippen LogP contribution in [-0.2, 0) is 0 Å². The molecule has 104 valence electrons. The Morgan fingerprint density at radius 3 is 2.79 bits per heavy atom. The molecule has 2 rings (SSSR count). The van der Waals surface area contributed by atoms with E-state index in [9.17, 15) is 4.79 Å². The van der Waals surface area contributed by atoms with E-state index in [2.05, 4.69) is 15.2 Å². The second kappa shape index (κ2) is 6.52. The van der Waals surface area contributed by atoms with Crippen molar-refractivity contribution in [3.8, 4) is 0 Å². The molecule has 1 aliphatic rings. The van der Waals surface area contributed by atoms with Crippen LogP contribution in [0, 0.1) is 0 Å². The normalized spacial score (nSPS) is 15.0. The molecule has 0 bridgehead atoms. The van der Waals surface area contributed by atoms with Crippen molar-refractivity contribution in [3.05, 3.63) is 24.0 Å². The van der Waals surface area contributed by atoms with Crippen LogP contribution in [0.15, 0.2) is 18.5 Å². The fraction of sp³-hybridized carbons (Fsp3) is 0.571. The van der Waals surface area contributed by atoms with Gasteiger partial charge in [-0.1, -0.05) is 0 Å². The molecule has 1 N–H and O–H groups in total. The number of nitrogens with zero attached hydrogens (tertiary/aromatic N) is 3. The monoisotopic (exact) mass is 262 g/mol. The molecule has 1 aromatic rings. The third kappa shape index (κ3) is 3.92. The fourth-order valence-corrected chi connectivity index (χ4v) is 2.20. The maximum absolute atomic E-state index is 12.0. The van der Waals surface area contributed by atoms with Crippen molar-refractivity contribution in [1.29, 1.82) is 0 Å². The number of anilines is 1. The molecule has 1 amide bonds.